The molecule has 7 nitrogen and oxygen atoms in total. The molecule has 29 heavy (non-hydrogen) atoms. The summed E-state index contributed by atoms with van der Waals surface area (Å²) in [7, 11) is 0. The number of H-pyrrole nitrogens is 1. The van der Waals surface area contributed by atoms with Crippen molar-refractivity contribution in [1.82, 2.24) is 14.9 Å². The first-order valence-corrected chi connectivity index (χ1v) is 9.42. The van der Waals surface area contributed by atoms with Crippen LogP contribution in [0.3, 0.4) is 0 Å². The molecule has 1 spiro atoms. The zero-order valence-corrected chi connectivity index (χ0v) is 15.5. The highest BCUT2D eigenvalue weighted by atomic mass is 16.2. The first-order valence-electron chi connectivity index (χ1n) is 9.42. The van der Waals surface area contributed by atoms with Crippen molar-refractivity contribution < 1.29 is 9.59 Å². The number of pyridine rings is 2. The summed E-state index contributed by atoms with van der Waals surface area (Å²) in [6.07, 6.45) is 3.84. The highest BCUT2D eigenvalue weighted by Gasteiger charge is 2.59. The SMILES string of the molecule is O=C(c1cccc(=O)[nH]1)N1CCC2(C(=O)Nc3ccccc32)C1c1cccnc1. The summed E-state index contributed by atoms with van der Waals surface area (Å²) in [6.45, 7) is 0.386. The molecular formula is C22H18N4O3. The maximum absolute atomic E-state index is 13.3. The van der Waals surface area contributed by atoms with E-state index >= 15 is 0 Å². The molecule has 3 aromatic rings. The minimum Gasteiger partial charge on any atom is -0.329 e. The van der Waals surface area contributed by atoms with Crippen LogP contribution in [-0.2, 0) is 10.2 Å². The highest BCUT2D eigenvalue weighted by molar-refractivity contribution is 6.08. The van der Waals surface area contributed by atoms with E-state index in [1.165, 1.54) is 6.07 Å². The van der Waals surface area contributed by atoms with E-state index in [1.807, 2.05) is 30.3 Å². The van der Waals surface area contributed by atoms with E-state index in [2.05, 4.69) is 15.3 Å². The number of hydrogen-bond donors (Lipinski definition) is 2. The third-order valence-electron chi connectivity index (χ3n) is 5.85. The first kappa shape index (κ1) is 17.4. The van der Waals surface area contributed by atoms with Crippen molar-refractivity contribution in [2.75, 3.05) is 11.9 Å². The molecule has 4 heterocycles. The Morgan fingerprint density at radius 3 is 2.72 bits per heavy atom. The van der Waals surface area contributed by atoms with Crippen LogP contribution >= 0.6 is 0 Å². The third-order valence-corrected chi connectivity index (χ3v) is 5.85. The lowest BCUT2D eigenvalue weighted by Gasteiger charge is -2.34. The van der Waals surface area contributed by atoms with Gasteiger partial charge in [0.1, 0.15) is 11.1 Å². The largest absolute Gasteiger partial charge is 0.329 e. The van der Waals surface area contributed by atoms with Crippen LogP contribution < -0.4 is 10.9 Å². The van der Waals surface area contributed by atoms with Crippen molar-refractivity contribution >= 4 is 17.5 Å². The van der Waals surface area contributed by atoms with E-state index in [4.69, 9.17) is 0 Å². The highest BCUT2D eigenvalue weighted by Crippen LogP contribution is 2.54. The number of carbonyl (C=O) groups is 2. The van der Waals surface area contributed by atoms with E-state index < -0.39 is 11.5 Å². The summed E-state index contributed by atoms with van der Waals surface area (Å²) in [6, 6.07) is 15.2. The number of para-hydroxylation sites is 1. The van der Waals surface area contributed by atoms with Gasteiger partial charge in [-0.15, -0.1) is 0 Å². The minimum absolute atomic E-state index is 0.121. The smallest absolute Gasteiger partial charge is 0.270 e. The predicted molar refractivity (Wildman–Crippen MR) is 106 cm³/mol. The van der Waals surface area contributed by atoms with E-state index in [0.717, 1.165) is 16.8 Å². The lowest BCUT2D eigenvalue weighted by atomic mass is 9.73. The Labute approximate surface area is 166 Å². The molecule has 7 heteroatoms. The summed E-state index contributed by atoms with van der Waals surface area (Å²) < 4.78 is 0. The molecule has 0 aliphatic carbocycles. The molecule has 2 atom stereocenters. The number of anilines is 1. The van der Waals surface area contributed by atoms with Gasteiger partial charge in [0.2, 0.25) is 11.5 Å². The van der Waals surface area contributed by atoms with Crippen molar-refractivity contribution in [1.29, 1.82) is 0 Å². The number of carbonyl (C=O) groups excluding carboxylic acids is 2. The van der Waals surface area contributed by atoms with Gasteiger partial charge >= 0.3 is 0 Å². The first-order chi connectivity index (χ1) is 14.1. The zero-order chi connectivity index (χ0) is 20.0. The third kappa shape index (κ3) is 2.51. The van der Waals surface area contributed by atoms with Crippen molar-refractivity contribution in [2.24, 2.45) is 0 Å². The molecule has 5 rings (SSSR count). The van der Waals surface area contributed by atoms with Crippen LogP contribution in [0.15, 0.2) is 71.8 Å². The lowest BCUT2D eigenvalue weighted by molar-refractivity contribution is -0.121. The quantitative estimate of drug-likeness (QED) is 0.706. The number of aromatic nitrogens is 2. The van der Waals surface area contributed by atoms with Gasteiger partial charge in [-0.2, -0.15) is 0 Å². The van der Waals surface area contributed by atoms with Crippen LogP contribution in [-0.4, -0.2) is 33.2 Å². The Bertz CT molecular complexity index is 1170. The fourth-order valence-corrected chi connectivity index (χ4v) is 4.63. The van der Waals surface area contributed by atoms with Crippen LogP contribution in [0.1, 0.15) is 34.1 Å². The van der Waals surface area contributed by atoms with E-state index in [9.17, 15) is 14.4 Å². The average Bonchev–Trinajstić information content (AvgIpc) is 3.28. The zero-order valence-electron chi connectivity index (χ0n) is 15.5. The van der Waals surface area contributed by atoms with Crippen molar-refractivity contribution in [3.05, 3.63) is 94.2 Å². The van der Waals surface area contributed by atoms with Crippen LogP contribution in [0.5, 0.6) is 0 Å². The Hall–Kier alpha value is -3.74. The van der Waals surface area contributed by atoms with Crippen LogP contribution in [0, 0.1) is 0 Å². The van der Waals surface area contributed by atoms with Gasteiger partial charge < -0.3 is 15.2 Å². The Kier molecular flexibility index (Phi) is 3.84. The van der Waals surface area contributed by atoms with Gasteiger partial charge in [-0.1, -0.05) is 30.3 Å². The molecule has 1 fully saturated rings. The van der Waals surface area contributed by atoms with E-state index in [1.54, 1.807) is 35.5 Å². The Morgan fingerprint density at radius 2 is 1.93 bits per heavy atom. The number of aromatic amines is 1. The van der Waals surface area contributed by atoms with Crippen LogP contribution in [0.4, 0.5) is 5.69 Å². The Balaban J connectivity index is 1.68. The summed E-state index contributed by atoms with van der Waals surface area (Å²) in [5.41, 5.74) is 1.40. The normalized spacial score (nSPS) is 22.6. The summed E-state index contributed by atoms with van der Waals surface area (Å²) in [5, 5.41) is 2.98. The number of amides is 2. The Morgan fingerprint density at radius 1 is 1.07 bits per heavy atom. The molecule has 2 amide bonds. The average molecular weight is 386 g/mol. The molecule has 0 radical (unpaired) electrons. The molecule has 144 valence electrons. The number of fused-ring (bicyclic) bond motifs is 2. The number of rotatable bonds is 2. The molecule has 1 saturated heterocycles. The van der Waals surface area contributed by atoms with Crippen molar-refractivity contribution in [2.45, 2.75) is 17.9 Å². The topological polar surface area (TPSA) is 95.2 Å². The van der Waals surface area contributed by atoms with E-state index in [-0.39, 0.29) is 23.1 Å². The summed E-state index contributed by atoms with van der Waals surface area (Å²) in [5.74, 6) is -0.435. The fourth-order valence-electron chi connectivity index (χ4n) is 4.63. The molecule has 2 unspecified atom stereocenters. The fraction of sp³-hybridized carbons (Fsp3) is 0.182. The van der Waals surface area contributed by atoms with Crippen molar-refractivity contribution in [3.63, 3.8) is 0 Å². The number of benzene rings is 1. The van der Waals surface area contributed by atoms with Gasteiger partial charge in [-0.25, -0.2) is 0 Å². The van der Waals surface area contributed by atoms with Gasteiger partial charge in [0, 0.05) is 30.7 Å². The van der Waals surface area contributed by atoms with Crippen molar-refractivity contribution in [3.8, 4) is 0 Å². The minimum atomic E-state index is -0.898. The molecule has 2 N–H and O–H groups in total. The molecule has 2 aliphatic rings. The van der Waals surface area contributed by atoms with Gasteiger partial charge in [-0.05, 0) is 35.7 Å². The van der Waals surface area contributed by atoms with Gasteiger partial charge in [0.15, 0.2) is 0 Å². The summed E-state index contributed by atoms with van der Waals surface area (Å²) >= 11 is 0. The predicted octanol–water partition coefficient (Wildman–Crippen LogP) is 2.25. The van der Waals surface area contributed by atoms with Gasteiger partial charge in [0.25, 0.3) is 5.91 Å². The van der Waals surface area contributed by atoms with Gasteiger partial charge in [-0.3, -0.25) is 19.4 Å². The second-order valence-electron chi connectivity index (χ2n) is 7.34. The molecular weight excluding hydrogens is 368 g/mol. The van der Waals surface area contributed by atoms with E-state index in [0.29, 0.717) is 13.0 Å². The molecule has 0 saturated carbocycles. The number of likely N-dealkylation sites (tertiary alicyclic amines) is 1. The molecule has 0 bridgehead atoms. The number of nitrogens with one attached hydrogen (secondary N) is 2. The second-order valence-corrected chi connectivity index (χ2v) is 7.34. The number of nitrogens with zero attached hydrogens (tertiary/aromatic N) is 2. The molecule has 1 aromatic carbocycles. The molecule has 2 aromatic heterocycles. The number of hydrogen-bond acceptors (Lipinski definition) is 4. The van der Waals surface area contributed by atoms with Gasteiger partial charge in [0.05, 0.1) is 6.04 Å². The monoisotopic (exact) mass is 386 g/mol. The van der Waals surface area contributed by atoms with Crippen LogP contribution in [0.25, 0.3) is 0 Å². The molecule has 2 aliphatic heterocycles. The maximum Gasteiger partial charge on any atom is 0.270 e. The van der Waals surface area contributed by atoms with Crippen LogP contribution in [0.2, 0.25) is 0 Å². The lowest BCUT2D eigenvalue weighted by Crippen LogP contribution is -2.43. The summed E-state index contributed by atoms with van der Waals surface area (Å²) in [4.78, 5) is 46.8. The maximum atomic E-state index is 13.3. The second kappa shape index (κ2) is 6.41. The standard InChI is InChI=1S/C22H18N4O3/c27-18-9-3-8-17(24-18)20(28)26-12-10-22(19(26)14-5-4-11-23-13-14)15-6-1-2-7-16(15)25-21(22)29/h1-9,11,13,19H,10,12H2,(H,24,27)(H,25,29).